The Morgan fingerprint density at radius 1 is 1.47 bits per heavy atom. The third-order valence-corrected chi connectivity index (χ3v) is 3.25. The van der Waals surface area contributed by atoms with Crippen LogP contribution >= 0.6 is 22.9 Å². The highest BCUT2D eigenvalue weighted by atomic mass is 35.5. The van der Waals surface area contributed by atoms with Crippen molar-refractivity contribution in [2.24, 2.45) is 0 Å². The Balaban J connectivity index is 2.14. The molecule has 0 fully saturated rings. The van der Waals surface area contributed by atoms with Gasteiger partial charge < -0.3 is 15.2 Å². The average molecular weight is 278 g/mol. The number of thiophene rings is 1. The summed E-state index contributed by atoms with van der Waals surface area (Å²) in [6, 6.07) is 3.86. The van der Waals surface area contributed by atoms with E-state index in [-0.39, 0.29) is 5.60 Å². The van der Waals surface area contributed by atoms with Crippen molar-refractivity contribution in [1.29, 1.82) is 0 Å². The molecule has 0 amide bonds. The summed E-state index contributed by atoms with van der Waals surface area (Å²) in [4.78, 5) is 1.17. The van der Waals surface area contributed by atoms with Gasteiger partial charge in [-0.3, -0.25) is 0 Å². The summed E-state index contributed by atoms with van der Waals surface area (Å²) in [5.41, 5.74) is -0.206. The van der Waals surface area contributed by atoms with Gasteiger partial charge in [-0.25, -0.2) is 0 Å². The second-order valence-electron chi connectivity index (χ2n) is 4.91. The van der Waals surface area contributed by atoms with E-state index in [0.29, 0.717) is 13.2 Å². The van der Waals surface area contributed by atoms with Crippen LogP contribution in [0.2, 0.25) is 4.34 Å². The smallest absolute Gasteiger partial charge is 0.0931 e. The molecule has 1 unspecified atom stereocenters. The van der Waals surface area contributed by atoms with Crippen LogP contribution in [-0.2, 0) is 11.3 Å². The second-order valence-corrected chi connectivity index (χ2v) is 6.71. The molecular weight excluding hydrogens is 258 g/mol. The molecule has 2 N–H and O–H groups in total. The molecular formula is C12H20ClNO2S. The molecule has 0 radical (unpaired) electrons. The summed E-state index contributed by atoms with van der Waals surface area (Å²) in [6.07, 6.45) is -0.482. The van der Waals surface area contributed by atoms with Gasteiger partial charge in [0.1, 0.15) is 0 Å². The van der Waals surface area contributed by atoms with Gasteiger partial charge in [0.2, 0.25) is 0 Å². The summed E-state index contributed by atoms with van der Waals surface area (Å²) in [7, 11) is 0. The summed E-state index contributed by atoms with van der Waals surface area (Å²) in [5.74, 6) is 0. The van der Waals surface area contributed by atoms with E-state index >= 15 is 0 Å². The Labute approximate surface area is 112 Å². The molecule has 0 aliphatic carbocycles. The summed E-state index contributed by atoms with van der Waals surface area (Å²) < 4.78 is 6.28. The highest BCUT2D eigenvalue weighted by Gasteiger charge is 2.13. The first-order chi connectivity index (χ1) is 7.87. The van der Waals surface area contributed by atoms with Crippen LogP contribution in [0.1, 0.15) is 25.6 Å². The summed E-state index contributed by atoms with van der Waals surface area (Å²) in [6.45, 7) is 7.51. The van der Waals surface area contributed by atoms with E-state index in [9.17, 15) is 5.11 Å². The van der Waals surface area contributed by atoms with Gasteiger partial charge in [0, 0.05) is 18.0 Å². The lowest BCUT2D eigenvalue weighted by Gasteiger charge is -2.22. The van der Waals surface area contributed by atoms with Gasteiger partial charge in [0.25, 0.3) is 0 Å². The molecule has 0 aliphatic rings. The number of halogens is 1. The molecule has 0 spiro atoms. The van der Waals surface area contributed by atoms with Gasteiger partial charge in [-0.2, -0.15) is 0 Å². The molecule has 1 aromatic rings. The van der Waals surface area contributed by atoms with Gasteiger partial charge in [-0.1, -0.05) is 11.6 Å². The minimum absolute atomic E-state index is 0.206. The van der Waals surface area contributed by atoms with Crippen molar-refractivity contribution in [3.63, 3.8) is 0 Å². The number of hydrogen-bond donors (Lipinski definition) is 2. The lowest BCUT2D eigenvalue weighted by Crippen LogP contribution is -2.33. The van der Waals surface area contributed by atoms with Crippen molar-refractivity contribution in [1.82, 2.24) is 5.32 Å². The summed E-state index contributed by atoms with van der Waals surface area (Å²) >= 11 is 7.37. The van der Waals surface area contributed by atoms with Crippen LogP contribution in [0.4, 0.5) is 0 Å². The molecule has 0 saturated heterocycles. The van der Waals surface area contributed by atoms with E-state index in [1.54, 1.807) is 11.3 Å². The molecule has 0 bridgehead atoms. The molecule has 0 aliphatic heterocycles. The third kappa shape index (κ3) is 7.01. The van der Waals surface area contributed by atoms with E-state index in [2.05, 4.69) is 5.32 Å². The van der Waals surface area contributed by atoms with Gasteiger partial charge in [-0.15, -0.1) is 11.3 Å². The lowest BCUT2D eigenvalue weighted by molar-refractivity contribution is -0.0479. The Bertz CT molecular complexity index is 335. The molecule has 17 heavy (non-hydrogen) atoms. The molecule has 5 heteroatoms. The maximum absolute atomic E-state index is 9.69. The first-order valence-corrected chi connectivity index (χ1v) is 6.83. The van der Waals surface area contributed by atoms with Crippen molar-refractivity contribution in [2.75, 3.05) is 13.2 Å². The predicted octanol–water partition coefficient (Wildman–Crippen LogP) is 2.67. The van der Waals surface area contributed by atoms with Crippen molar-refractivity contribution in [2.45, 2.75) is 39.0 Å². The van der Waals surface area contributed by atoms with Crippen LogP contribution in [0.25, 0.3) is 0 Å². The van der Waals surface area contributed by atoms with Crippen LogP contribution in [0.15, 0.2) is 12.1 Å². The van der Waals surface area contributed by atoms with E-state index in [4.69, 9.17) is 16.3 Å². The number of ether oxygens (including phenoxy) is 1. The number of hydrogen-bond acceptors (Lipinski definition) is 4. The van der Waals surface area contributed by atoms with Gasteiger partial charge >= 0.3 is 0 Å². The molecule has 1 atom stereocenters. The normalized spacial score (nSPS) is 13.9. The standard InChI is InChI=1S/C12H20ClNO2S/c1-12(2,3)16-8-9(15)6-14-7-10-4-5-11(13)17-10/h4-5,9,14-15H,6-8H2,1-3H3. The highest BCUT2D eigenvalue weighted by Crippen LogP contribution is 2.20. The largest absolute Gasteiger partial charge is 0.389 e. The number of nitrogens with one attached hydrogen (secondary N) is 1. The first kappa shape index (κ1) is 14.9. The van der Waals surface area contributed by atoms with Gasteiger partial charge in [0.15, 0.2) is 0 Å². The Hall–Kier alpha value is -0.130. The number of aliphatic hydroxyl groups excluding tert-OH is 1. The fraction of sp³-hybridized carbons (Fsp3) is 0.667. The van der Waals surface area contributed by atoms with Gasteiger partial charge in [-0.05, 0) is 32.9 Å². The zero-order chi connectivity index (χ0) is 12.9. The fourth-order valence-electron chi connectivity index (χ4n) is 1.21. The zero-order valence-corrected chi connectivity index (χ0v) is 12.1. The fourth-order valence-corrected chi connectivity index (χ4v) is 2.27. The second kappa shape index (κ2) is 6.71. The van der Waals surface area contributed by atoms with Crippen LogP contribution in [0.3, 0.4) is 0 Å². The Kier molecular flexibility index (Phi) is 5.89. The molecule has 98 valence electrons. The Morgan fingerprint density at radius 3 is 2.71 bits per heavy atom. The molecule has 1 heterocycles. The quantitative estimate of drug-likeness (QED) is 0.840. The van der Waals surface area contributed by atoms with Crippen molar-refractivity contribution >= 4 is 22.9 Å². The van der Waals surface area contributed by atoms with Crippen molar-refractivity contribution < 1.29 is 9.84 Å². The maximum Gasteiger partial charge on any atom is 0.0931 e. The molecule has 3 nitrogen and oxygen atoms in total. The van der Waals surface area contributed by atoms with Crippen LogP contribution in [0, 0.1) is 0 Å². The molecule has 1 rings (SSSR count). The number of rotatable bonds is 6. The van der Waals surface area contributed by atoms with Crippen molar-refractivity contribution in [3.8, 4) is 0 Å². The van der Waals surface area contributed by atoms with E-state index < -0.39 is 6.10 Å². The Morgan fingerprint density at radius 2 is 2.18 bits per heavy atom. The summed E-state index contributed by atoms with van der Waals surface area (Å²) in [5, 5.41) is 12.9. The predicted molar refractivity (Wildman–Crippen MR) is 72.7 cm³/mol. The topological polar surface area (TPSA) is 41.5 Å². The number of aliphatic hydroxyl groups is 1. The van der Waals surface area contributed by atoms with Crippen molar-refractivity contribution in [3.05, 3.63) is 21.3 Å². The zero-order valence-electron chi connectivity index (χ0n) is 10.5. The van der Waals surface area contributed by atoms with E-state index in [0.717, 1.165) is 10.9 Å². The minimum Gasteiger partial charge on any atom is -0.389 e. The molecule has 0 aromatic carbocycles. The monoisotopic (exact) mass is 277 g/mol. The van der Waals surface area contributed by atoms with Crippen LogP contribution in [-0.4, -0.2) is 30.0 Å². The van der Waals surface area contributed by atoms with E-state index in [1.165, 1.54) is 4.88 Å². The van der Waals surface area contributed by atoms with Crippen LogP contribution in [0.5, 0.6) is 0 Å². The lowest BCUT2D eigenvalue weighted by atomic mass is 10.2. The highest BCUT2D eigenvalue weighted by molar-refractivity contribution is 7.16. The van der Waals surface area contributed by atoms with Gasteiger partial charge in [0.05, 0.1) is 22.6 Å². The SMILES string of the molecule is CC(C)(C)OCC(O)CNCc1ccc(Cl)s1. The average Bonchev–Trinajstić information content (AvgIpc) is 2.60. The van der Waals surface area contributed by atoms with E-state index in [1.807, 2.05) is 32.9 Å². The third-order valence-electron chi connectivity index (χ3n) is 2.02. The van der Waals surface area contributed by atoms with Crippen LogP contribution < -0.4 is 5.32 Å². The maximum atomic E-state index is 9.69. The first-order valence-electron chi connectivity index (χ1n) is 5.64. The minimum atomic E-state index is -0.482. The molecule has 0 saturated carbocycles. The molecule has 1 aromatic heterocycles.